The van der Waals surface area contributed by atoms with Gasteiger partial charge in [0, 0.05) is 11.5 Å². The van der Waals surface area contributed by atoms with Gasteiger partial charge in [-0.3, -0.25) is 4.79 Å². The van der Waals surface area contributed by atoms with Gasteiger partial charge in [-0.25, -0.2) is 13.1 Å². The predicted molar refractivity (Wildman–Crippen MR) is 87.2 cm³/mol. The van der Waals surface area contributed by atoms with Crippen LogP contribution in [0.25, 0.3) is 0 Å². The summed E-state index contributed by atoms with van der Waals surface area (Å²) in [5, 5.41) is 0. The fourth-order valence-electron chi connectivity index (χ4n) is 3.48. The Morgan fingerprint density at radius 3 is 2.45 bits per heavy atom. The van der Waals surface area contributed by atoms with E-state index in [1.54, 1.807) is 31.2 Å². The lowest BCUT2D eigenvalue weighted by atomic mass is 9.66. The second-order valence-electron chi connectivity index (χ2n) is 6.30. The average Bonchev–Trinajstić information content (AvgIpc) is 2.47. The molecule has 1 aliphatic carbocycles. The molecule has 1 N–H and O–H groups in total. The van der Waals surface area contributed by atoms with Gasteiger partial charge < -0.3 is 0 Å². The number of ketones is 1. The third-order valence-electron chi connectivity index (χ3n) is 4.99. The molecule has 0 aliphatic heterocycles. The van der Waals surface area contributed by atoms with Crippen molar-refractivity contribution >= 4 is 15.8 Å². The number of rotatable bonds is 5. The molecule has 0 saturated heterocycles. The van der Waals surface area contributed by atoms with Crippen LogP contribution in [0.3, 0.4) is 0 Å². The van der Waals surface area contributed by atoms with E-state index < -0.39 is 15.4 Å². The van der Waals surface area contributed by atoms with Crippen LogP contribution in [-0.4, -0.2) is 20.2 Å². The zero-order valence-electron chi connectivity index (χ0n) is 13.6. The Bertz CT molecular complexity index is 636. The number of aryl methyl sites for hydroxylation is 1. The Morgan fingerprint density at radius 1 is 1.27 bits per heavy atom. The first-order chi connectivity index (χ1) is 10.3. The predicted octanol–water partition coefficient (Wildman–Crippen LogP) is 3.20. The normalized spacial score (nSPS) is 25.9. The van der Waals surface area contributed by atoms with Crippen molar-refractivity contribution in [1.29, 1.82) is 0 Å². The molecule has 0 spiro atoms. The zero-order valence-corrected chi connectivity index (χ0v) is 14.4. The van der Waals surface area contributed by atoms with Crippen molar-refractivity contribution in [2.45, 2.75) is 63.8 Å². The van der Waals surface area contributed by atoms with Crippen LogP contribution in [-0.2, 0) is 14.8 Å². The van der Waals surface area contributed by atoms with Crippen molar-refractivity contribution in [3.8, 4) is 0 Å². The van der Waals surface area contributed by atoms with Gasteiger partial charge in [-0.1, -0.05) is 37.5 Å². The zero-order chi connectivity index (χ0) is 16.4. The second-order valence-corrected chi connectivity index (χ2v) is 8.01. The Kier molecular flexibility index (Phi) is 5.07. The average molecular weight is 323 g/mol. The van der Waals surface area contributed by atoms with Crippen molar-refractivity contribution in [3.05, 3.63) is 29.8 Å². The summed E-state index contributed by atoms with van der Waals surface area (Å²) >= 11 is 0. The van der Waals surface area contributed by atoms with E-state index in [0.717, 1.165) is 31.2 Å². The maximum Gasteiger partial charge on any atom is 0.240 e. The Hall–Kier alpha value is -1.20. The van der Waals surface area contributed by atoms with Gasteiger partial charge in [-0.2, -0.15) is 0 Å². The van der Waals surface area contributed by atoms with Gasteiger partial charge in [0.2, 0.25) is 10.0 Å². The first kappa shape index (κ1) is 17.2. The molecule has 0 unspecified atom stereocenters. The fraction of sp³-hybridized carbons (Fsp3) is 0.588. The van der Waals surface area contributed by atoms with Crippen LogP contribution < -0.4 is 4.72 Å². The highest BCUT2D eigenvalue weighted by Gasteiger charge is 2.44. The number of benzene rings is 1. The molecule has 22 heavy (non-hydrogen) atoms. The second kappa shape index (κ2) is 6.50. The van der Waals surface area contributed by atoms with Crippen molar-refractivity contribution in [3.63, 3.8) is 0 Å². The molecule has 0 bridgehead atoms. The van der Waals surface area contributed by atoms with E-state index in [1.165, 1.54) is 0 Å². The summed E-state index contributed by atoms with van der Waals surface area (Å²) in [6.45, 7) is 5.48. The molecule has 0 radical (unpaired) electrons. The highest BCUT2D eigenvalue weighted by molar-refractivity contribution is 7.89. The molecule has 1 aromatic carbocycles. The highest BCUT2D eigenvalue weighted by atomic mass is 32.2. The Labute approximate surface area is 133 Å². The molecule has 122 valence electrons. The summed E-state index contributed by atoms with van der Waals surface area (Å²) in [5.74, 6) is 0.0892. The minimum atomic E-state index is -3.59. The van der Waals surface area contributed by atoms with E-state index in [0.29, 0.717) is 6.42 Å². The number of carbonyl (C=O) groups excluding carboxylic acids is 1. The number of hydrogen-bond acceptors (Lipinski definition) is 3. The third-order valence-corrected chi connectivity index (χ3v) is 6.48. The number of Topliss-reactive ketones (excluding diaryl/α,β-unsaturated/α-hetero) is 1. The summed E-state index contributed by atoms with van der Waals surface area (Å²) in [6, 6.07) is 6.49. The summed E-state index contributed by atoms with van der Waals surface area (Å²) in [6.07, 6.45) is 4.09. The van der Waals surface area contributed by atoms with E-state index in [4.69, 9.17) is 0 Å². The lowest BCUT2D eigenvalue weighted by Gasteiger charge is -2.42. The van der Waals surface area contributed by atoms with Crippen LogP contribution in [0.15, 0.2) is 29.2 Å². The smallest absolute Gasteiger partial charge is 0.240 e. The molecule has 1 aromatic rings. The first-order valence-corrected chi connectivity index (χ1v) is 9.40. The molecule has 2 atom stereocenters. The molecule has 0 aromatic heterocycles. The van der Waals surface area contributed by atoms with Crippen LogP contribution in [0.1, 0.15) is 51.5 Å². The molecule has 4 nitrogen and oxygen atoms in total. The number of sulfonamides is 1. The summed E-state index contributed by atoms with van der Waals surface area (Å²) < 4.78 is 28.0. The summed E-state index contributed by atoms with van der Waals surface area (Å²) in [4.78, 5) is 12.5. The Balaban J connectivity index is 2.30. The van der Waals surface area contributed by atoms with Gasteiger partial charge in [0.25, 0.3) is 0 Å². The minimum Gasteiger partial charge on any atom is -0.299 e. The van der Waals surface area contributed by atoms with Crippen LogP contribution in [0.4, 0.5) is 0 Å². The lowest BCUT2D eigenvalue weighted by Crippen LogP contribution is -2.52. The molecule has 0 amide bonds. The van der Waals surface area contributed by atoms with Gasteiger partial charge in [-0.05, 0) is 45.2 Å². The van der Waals surface area contributed by atoms with E-state index >= 15 is 0 Å². The fourth-order valence-corrected chi connectivity index (χ4v) is 4.83. The minimum absolute atomic E-state index is 0.0892. The van der Waals surface area contributed by atoms with Crippen molar-refractivity contribution in [2.75, 3.05) is 0 Å². The standard InChI is InChI=1S/C17H25NO3S/c1-4-17(14(3)19)12-6-5-7-16(17)18-22(20,21)15-10-8-13(2)9-11-15/h8-11,16,18H,4-7,12H2,1-3H3/t16-,17+/m0/s1. The topological polar surface area (TPSA) is 63.2 Å². The van der Waals surface area contributed by atoms with Crippen molar-refractivity contribution < 1.29 is 13.2 Å². The number of carbonyl (C=O) groups is 1. The van der Waals surface area contributed by atoms with Crippen LogP contribution in [0.5, 0.6) is 0 Å². The first-order valence-electron chi connectivity index (χ1n) is 7.92. The SMILES string of the molecule is CC[C@]1(C(C)=O)CCCC[C@@H]1NS(=O)(=O)c1ccc(C)cc1. The third kappa shape index (κ3) is 3.25. The largest absolute Gasteiger partial charge is 0.299 e. The van der Waals surface area contributed by atoms with Gasteiger partial charge in [0.15, 0.2) is 0 Å². The van der Waals surface area contributed by atoms with Crippen LogP contribution >= 0.6 is 0 Å². The van der Waals surface area contributed by atoms with E-state index in [9.17, 15) is 13.2 Å². The molecular formula is C17H25NO3S. The van der Waals surface area contributed by atoms with E-state index in [-0.39, 0.29) is 16.7 Å². The molecule has 1 fully saturated rings. The molecule has 2 rings (SSSR count). The summed E-state index contributed by atoms with van der Waals surface area (Å²) in [7, 11) is -3.59. The van der Waals surface area contributed by atoms with E-state index in [1.807, 2.05) is 13.8 Å². The number of nitrogens with one attached hydrogen (secondary N) is 1. The highest BCUT2D eigenvalue weighted by Crippen LogP contribution is 2.40. The van der Waals surface area contributed by atoms with Crippen LogP contribution in [0.2, 0.25) is 0 Å². The monoisotopic (exact) mass is 323 g/mol. The lowest BCUT2D eigenvalue weighted by molar-refractivity contribution is -0.129. The maximum atomic E-state index is 12.6. The number of hydrogen-bond donors (Lipinski definition) is 1. The quantitative estimate of drug-likeness (QED) is 0.905. The van der Waals surface area contributed by atoms with Gasteiger partial charge in [-0.15, -0.1) is 0 Å². The van der Waals surface area contributed by atoms with Gasteiger partial charge in [0.1, 0.15) is 5.78 Å². The van der Waals surface area contributed by atoms with Gasteiger partial charge >= 0.3 is 0 Å². The van der Waals surface area contributed by atoms with Crippen LogP contribution in [0, 0.1) is 12.3 Å². The van der Waals surface area contributed by atoms with Crippen molar-refractivity contribution in [2.24, 2.45) is 5.41 Å². The molecule has 5 heteroatoms. The maximum absolute atomic E-state index is 12.6. The van der Waals surface area contributed by atoms with Crippen molar-refractivity contribution in [1.82, 2.24) is 4.72 Å². The molecule has 1 aliphatic rings. The molecule has 1 saturated carbocycles. The van der Waals surface area contributed by atoms with Gasteiger partial charge in [0.05, 0.1) is 4.90 Å². The molecular weight excluding hydrogens is 298 g/mol. The molecule has 0 heterocycles. The Morgan fingerprint density at radius 2 is 1.91 bits per heavy atom. The van der Waals surface area contributed by atoms with E-state index in [2.05, 4.69) is 4.72 Å². The summed E-state index contributed by atoms with van der Waals surface area (Å²) in [5.41, 5.74) is 0.457.